The lowest BCUT2D eigenvalue weighted by Gasteiger charge is -2.20. The second kappa shape index (κ2) is 43.1. The third kappa shape index (κ3) is 42.9. The molecule has 10 nitrogen and oxygen atoms in total. The number of hydrogen-bond acceptors (Lipinski definition) is 8. The Labute approximate surface area is 350 Å². The van der Waals surface area contributed by atoms with Gasteiger partial charge in [-0.2, -0.15) is 0 Å². The molecule has 0 saturated carbocycles. The monoisotopic (exact) mass is 834 g/mol. The number of rotatable bonds is 47. The molecule has 0 aliphatic heterocycles. The summed E-state index contributed by atoms with van der Waals surface area (Å²) in [4.78, 5) is 33.6. The Morgan fingerprint density at radius 3 is 1.16 bits per heavy atom. The molecule has 340 valence electrons. The highest BCUT2D eigenvalue weighted by atomic mass is 31.2. The number of carbonyl (C=O) groups is 2. The molecule has 0 bridgehead atoms. The standard InChI is InChI=1S/C46H92NO9P/c1-3-5-7-9-11-13-15-17-18-19-20-21-22-23-24-25-27-29-31-33-35-37-39-53-40-43(41-54-57(51,52)55-42-44(47)46(49)50)56-45(48)38-36-34-32-30-28-26-16-14-12-10-8-6-4-2/h43-44H,3-42,47H2,1-2H3,(H,49,50)(H,51,52). The number of carbonyl (C=O) groups excluding carboxylic acids is 1. The first-order valence-electron chi connectivity index (χ1n) is 24.1. The van der Waals surface area contributed by atoms with Crippen LogP contribution >= 0.6 is 7.82 Å². The molecule has 0 amide bonds. The number of carboxylic acid groups (broad SMARTS) is 1. The van der Waals surface area contributed by atoms with Crippen molar-refractivity contribution >= 4 is 19.8 Å². The molecule has 0 saturated heterocycles. The lowest BCUT2D eigenvalue weighted by molar-refractivity contribution is -0.154. The van der Waals surface area contributed by atoms with Crippen molar-refractivity contribution in [2.24, 2.45) is 5.73 Å². The zero-order chi connectivity index (χ0) is 41.9. The first-order valence-corrected chi connectivity index (χ1v) is 25.6. The smallest absolute Gasteiger partial charge is 0.472 e. The number of unbranched alkanes of at least 4 members (excludes halogenated alkanes) is 33. The molecule has 3 unspecified atom stereocenters. The van der Waals surface area contributed by atoms with Gasteiger partial charge in [-0.25, -0.2) is 4.57 Å². The highest BCUT2D eigenvalue weighted by Crippen LogP contribution is 2.43. The largest absolute Gasteiger partial charge is 0.480 e. The van der Waals surface area contributed by atoms with E-state index in [1.54, 1.807) is 0 Å². The highest BCUT2D eigenvalue weighted by Gasteiger charge is 2.27. The molecule has 0 aliphatic carbocycles. The van der Waals surface area contributed by atoms with Crippen molar-refractivity contribution in [3.05, 3.63) is 0 Å². The molecule has 0 fully saturated rings. The van der Waals surface area contributed by atoms with Gasteiger partial charge in [0.2, 0.25) is 0 Å². The van der Waals surface area contributed by atoms with E-state index in [-0.39, 0.29) is 13.0 Å². The molecule has 4 N–H and O–H groups in total. The van der Waals surface area contributed by atoms with Crippen LogP contribution in [0, 0.1) is 0 Å². The molecule has 0 aromatic carbocycles. The summed E-state index contributed by atoms with van der Waals surface area (Å²) >= 11 is 0. The number of nitrogens with two attached hydrogens (primary N) is 1. The molecule has 0 aliphatic rings. The van der Waals surface area contributed by atoms with Gasteiger partial charge >= 0.3 is 19.8 Å². The quantitative estimate of drug-likeness (QED) is 0.0306. The van der Waals surface area contributed by atoms with Gasteiger partial charge in [0, 0.05) is 13.0 Å². The van der Waals surface area contributed by atoms with Crippen molar-refractivity contribution in [1.29, 1.82) is 0 Å². The van der Waals surface area contributed by atoms with Gasteiger partial charge in [0.1, 0.15) is 12.1 Å². The van der Waals surface area contributed by atoms with Gasteiger partial charge in [-0.3, -0.25) is 18.6 Å². The Morgan fingerprint density at radius 1 is 0.491 bits per heavy atom. The number of aliphatic carboxylic acids is 1. The summed E-state index contributed by atoms with van der Waals surface area (Å²) in [7, 11) is -4.61. The SMILES string of the molecule is CCCCCCCCCCCCCCCCCCCCCCCCOCC(COP(=O)(O)OCC(N)C(=O)O)OC(=O)CCCCCCCCCCCCCCC. The van der Waals surface area contributed by atoms with Crippen molar-refractivity contribution in [1.82, 2.24) is 0 Å². The van der Waals surface area contributed by atoms with Gasteiger partial charge in [0.25, 0.3) is 0 Å². The molecule has 0 rings (SSSR count). The molecular formula is C46H92NO9P. The molecule has 3 atom stereocenters. The molecule has 0 aromatic heterocycles. The molecule has 0 radical (unpaired) electrons. The van der Waals surface area contributed by atoms with Crippen molar-refractivity contribution < 1.29 is 42.7 Å². The van der Waals surface area contributed by atoms with E-state index in [4.69, 9.17) is 29.4 Å². The van der Waals surface area contributed by atoms with Crippen LogP contribution < -0.4 is 5.73 Å². The minimum Gasteiger partial charge on any atom is -0.480 e. The zero-order valence-electron chi connectivity index (χ0n) is 37.2. The third-order valence-electron chi connectivity index (χ3n) is 10.9. The van der Waals surface area contributed by atoms with E-state index in [0.717, 1.165) is 38.5 Å². The van der Waals surface area contributed by atoms with E-state index in [9.17, 15) is 19.0 Å². The van der Waals surface area contributed by atoms with E-state index < -0.39 is 45.1 Å². The van der Waals surface area contributed by atoms with Crippen LogP contribution in [0.15, 0.2) is 0 Å². The highest BCUT2D eigenvalue weighted by molar-refractivity contribution is 7.47. The van der Waals surface area contributed by atoms with Crippen molar-refractivity contribution in [2.45, 2.75) is 257 Å². The van der Waals surface area contributed by atoms with Gasteiger partial charge in [0.05, 0.1) is 19.8 Å². The van der Waals surface area contributed by atoms with Gasteiger partial charge in [-0.15, -0.1) is 0 Å². The second-order valence-corrected chi connectivity index (χ2v) is 18.1. The third-order valence-corrected chi connectivity index (χ3v) is 11.8. The summed E-state index contributed by atoms with van der Waals surface area (Å²) in [6.07, 6.45) is 44.5. The van der Waals surface area contributed by atoms with E-state index in [0.29, 0.717) is 6.61 Å². The predicted octanol–water partition coefficient (Wildman–Crippen LogP) is 13.5. The predicted molar refractivity (Wildman–Crippen MR) is 236 cm³/mol. The summed E-state index contributed by atoms with van der Waals surface area (Å²) in [6, 6.07) is -1.47. The fourth-order valence-corrected chi connectivity index (χ4v) is 7.91. The second-order valence-electron chi connectivity index (χ2n) is 16.6. The first-order chi connectivity index (χ1) is 27.7. The lowest BCUT2D eigenvalue weighted by Crippen LogP contribution is -2.34. The average Bonchev–Trinajstić information content (AvgIpc) is 3.19. The summed E-state index contributed by atoms with van der Waals surface area (Å²) in [5.74, 6) is -1.76. The topological polar surface area (TPSA) is 155 Å². The van der Waals surface area contributed by atoms with Gasteiger partial charge in [-0.1, -0.05) is 226 Å². The van der Waals surface area contributed by atoms with Crippen LogP contribution in [-0.4, -0.2) is 60.5 Å². The van der Waals surface area contributed by atoms with Crippen LogP contribution in [-0.2, 0) is 32.7 Å². The minimum absolute atomic E-state index is 0.0260. The Balaban J connectivity index is 4.06. The molecule has 57 heavy (non-hydrogen) atoms. The Bertz CT molecular complexity index is 924. The fraction of sp³-hybridized carbons (Fsp3) is 0.957. The molecule has 0 spiro atoms. The van der Waals surface area contributed by atoms with Gasteiger partial charge < -0.3 is 25.2 Å². The maximum absolute atomic E-state index is 12.6. The number of phosphoric ester groups is 1. The number of phosphoric acid groups is 1. The van der Waals surface area contributed by atoms with Crippen LogP contribution in [0.4, 0.5) is 0 Å². The van der Waals surface area contributed by atoms with E-state index >= 15 is 0 Å². The van der Waals surface area contributed by atoms with Crippen LogP contribution in [0.2, 0.25) is 0 Å². The van der Waals surface area contributed by atoms with Crippen LogP contribution in [0.3, 0.4) is 0 Å². The Hall–Kier alpha value is -1.03. The van der Waals surface area contributed by atoms with Crippen molar-refractivity contribution in [3.63, 3.8) is 0 Å². The van der Waals surface area contributed by atoms with E-state index in [1.165, 1.54) is 186 Å². The minimum atomic E-state index is -4.61. The lowest BCUT2D eigenvalue weighted by atomic mass is 10.0. The zero-order valence-corrected chi connectivity index (χ0v) is 38.1. The molecule has 0 heterocycles. The van der Waals surface area contributed by atoms with E-state index in [2.05, 4.69) is 13.8 Å². The van der Waals surface area contributed by atoms with E-state index in [1.807, 2.05) is 0 Å². The summed E-state index contributed by atoms with van der Waals surface area (Å²) in [5.41, 5.74) is 5.36. The summed E-state index contributed by atoms with van der Waals surface area (Å²) in [6.45, 7) is 3.94. The van der Waals surface area contributed by atoms with Crippen LogP contribution in [0.1, 0.15) is 245 Å². The molecule has 11 heteroatoms. The van der Waals surface area contributed by atoms with Crippen molar-refractivity contribution in [3.8, 4) is 0 Å². The maximum atomic E-state index is 12.6. The van der Waals surface area contributed by atoms with Crippen LogP contribution in [0.5, 0.6) is 0 Å². The molecule has 0 aromatic rings. The Morgan fingerprint density at radius 2 is 0.807 bits per heavy atom. The fourth-order valence-electron chi connectivity index (χ4n) is 7.14. The summed E-state index contributed by atoms with van der Waals surface area (Å²) < 4.78 is 33.4. The maximum Gasteiger partial charge on any atom is 0.472 e. The van der Waals surface area contributed by atoms with Crippen LogP contribution in [0.25, 0.3) is 0 Å². The molecular weight excluding hydrogens is 741 g/mol. The normalized spacial score (nSPS) is 13.8. The Kier molecular flexibility index (Phi) is 42.3. The average molecular weight is 834 g/mol. The van der Waals surface area contributed by atoms with Gasteiger partial charge in [0.15, 0.2) is 0 Å². The number of esters is 1. The first kappa shape index (κ1) is 56.0. The number of carboxylic acids is 1. The number of ether oxygens (including phenoxy) is 2. The number of hydrogen-bond donors (Lipinski definition) is 3. The summed E-state index contributed by atoms with van der Waals surface area (Å²) in [5, 5.41) is 8.90. The van der Waals surface area contributed by atoms with Crippen molar-refractivity contribution in [2.75, 3.05) is 26.4 Å². The van der Waals surface area contributed by atoms with Gasteiger partial charge in [-0.05, 0) is 12.8 Å².